The summed E-state index contributed by atoms with van der Waals surface area (Å²) in [7, 11) is 0. The SMILES string of the molecule is CC(C)(C)c1ccc(OCc2nc(-c3ccc([N+](=O)[O-])cc3)no2)cc1. The lowest BCUT2D eigenvalue weighted by Crippen LogP contribution is -2.10. The highest BCUT2D eigenvalue weighted by molar-refractivity contribution is 5.56. The number of nitrogens with zero attached hydrogens (tertiary/aromatic N) is 3. The van der Waals surface area contributed by atoms with Crippen LogP contribution in [0.3, 0.4) is 0 Å². The lowest BCUT2D eigenvalue weighted by atomic mass is 9.87. The van der Waals surface area contributed by atoms with E-state index in [2.05, 4.69) is 30.9 Å². The highest BCUT2D eigenvalue weighted by Crippen LogP contribution is 2.25. The number of hydrogen-bond donors (Lipinski definition) is 0. The van der Waals surface area contributed by atoms with Gasteiger partial charge in [0.2, 0.25) is 5.82 Å². The minimum absolute atomic E-state index is 0.0134. The number of aromatic nitrogens is 2. The molecule has 1 heterocycles. The Bertz CT molecular complexity index is 894. The van der Waals surface area contributed by atoms with Crippen molar-refractivity contribution in [1.82, 2.24) is 10.1 Å². The Morgan fingerprint density at radius 1 is 1.08 bits per heavy atom. The molecule has 0 saturated heterocycles. The molecule has 7 heteroatoms. The zero-order valence-electron chi connectivity index (χ0n) is 14.8. The summed E-state index contributed by atoms with van der Waals surface area (Å²) >= 11 is 0. The second kappa shape index (κ2) is 6.95. The second-order valence-electron chi connectivity index (χ2n) is 6.88. The van der Waals surface area contributed by atoms with Crippen molar-refractivity contribution in [2.45, 2.75) is 32.8 Å². The second-order valence-corrected chi connectivity index (χ2v) is 6.88. The van der Waals surface area contributed by atoms with Gasteiger partial charge in [0.1, 0.15) is 5.75 Å². The molecular formula is C19H19N3O4. The van der Waals surface area contributed by atoms with Crippen LogP contribution in [0.5, 0.6) is 5.75 Å². The van der Waals surface area contributed by atoms with Crippen LogP contribution in [-0.2, 0) is 12.0 Å². The van der Waals surface area contributed by atoms with E-state index in [0.29, 0.717) is 23.0 Å². The maximum absolute atomic E-state index is 10.7. The van der Waals surface area contributed by atoms with Gasteiger partial charge < -0.3 is 9.26 Å². The molecule has 2 aromatic carbocycles. The highest BCUT2D eigenvalue weighted by Gasteiger charge is 2.14. The van der Waals surface area contributed by atoms with Gasteiger partial charge >= 0.3 is 0 Å². The fourth-order valence-corrected chi connectivity index (χ4v) is 2.36. The fraction of sp³-hybridized carbons (Fsp3) is 0.263. The van der Waals surface area contributed by atoms with Gasteiger partial charge in [0.15, 0.2) is 6.61 Å². The zero-order valence-corrected chi connectivity index (χ0v) is 14.8. The van der Waals surface area contributed by atoms with Crippen LogP contribution in [0.1, 0.15) is 32.2 Å². The van der Waals surface area contributed by atoms with Crippen molar-refractivity contribution >= 4 is 5.69 Å². The van der Waals surface area contributed by atoms with Crippen molar-refractivity contribution in [3.63, 3.8) is 0 Å². The summed E-state index contributed by atoms with van der Waals surface area (Å²) in [4.78, 5) is 14.5. The summed E-state index contributed by atoms with van der Waals surface area (Å²) in [5.41, 5.74) is 1.97. The molecule has 0 atom stereocenters. The van der Waals surface area contributed by atoms with Gasteiger partial charge in [0.25, 0.3) is 11.6 Å². The average Bonchev–Trinajstić information content (AvgIpc) is 3.08. The summed E-state index contributed by atoms with van der Waals surface area (Å²) < 4.78 is 10.9. The van der Waals surface area contributed by atoms with Gasteiger partial charge in [-0.05, 0) is 35.2 Å². The van der Waals surface area contributed by atoms with Crippen molar-refractivity contribution in [2.75, 3.05) is 0 Å². The zero-order chi connectivity index (χ0) is 18.7. The first-order valence-corrected chi connectivity index (χ1v) is 8.14. The van der Waals surface area contributed by atoms with Crippen LogP contribution in [0.25, 0.3) is 11.4 Å². The Morgan fingerprint density at radius 3 is 2.31 bits per heavy atom. The minimum atomic E-state index is -0.454. The van der Waals surface area contributed by atoms with Gasteiger partial charge in [-0.2, -0.15) is 4.98 Å². The Labute approximate surface area is 150 Å². The minimum Gasteiger partial charge on any atom is -0.484 e. The van der Waals surface area contributed by atoms with E-state index in [1.165, 1.54) is 17.7 Å². The van der Waals surface area contributed by atoms with E-state index in [1.54, 1.807) is 12.1 Å². The first-order chi connectivity index (χ1) is 12.3. The van der Waals surface area contributed by atoms with Gasteiger partial charge in [-0.3, -0.25) is 10.1 Å². The fourth-order valence-electron chi connectivity index (χ4n) is 2.36. The Kier molecular flexibility index (Phi) is 4.71. The molecule has 0 fully saturated rings. The van der Waals surface area contributed by atoms with E-state index >= 15 is 0 Å². The number of nitro benzene ring substituents is 1. The van der Waals surface area contributed by atoms with E-state index < -0.39 is 4.92 Å². The molecule has 0 spiro atoms. The third-order valence-electron chi connectivity index (χ3n) is 3.89. The Balaban J connectivity index is 1.64. The molecule has 0 aliphatic carbocycles. The van der Waals surface area contributed by atoms with E-state index in [9.17, 15) is 10.1 Å². The summed E-state index contributed by atoms with van der Waals surface area (Å²) in [6.45, 7) is 6.61. The van der Waals surface area contributed by atoms with Crippen molar-refractivity contribution in [2.24, 2.45) is 0 Å². The van der Waals surface area contributed by atoms with Crippen molar-refractivity contribution < 1.29 is 14.2 Å². The van der Waals surface area contributed by atoms with Crippen molar-refractivity contribution in [3.8, 4) is 17.1 Å². The van der Waals surface area contributed by atoms with Gasteiger partial charge in [-0.25, -0.2) is 0 Å². The first-order valence-electron chi connectivity index (χ1n) is 8.14. The molecule has 134 valence electrons. The van der Waals surface area contributed by atoms with E-state index in [1.807, 2.05) is 24.3 Å². The van der Waals surface area contributed by atoms with Gasteiger partial charge in [0.05, 0.1) is 4.92 Å². The lowest BCUT2D eigenvalue weighted by molar-refractivity contribution is -0.384. The third kappa shape index (κ3) is 4.05. The van der Waals surface area contributed by atoms with Crippen LogP contribution < -0.4 is 4.74 Å². The molecule has 26 heavy (non-hydrogen) atoms. The molecule has 3 rings (SSSR count). The topological polar surface area (TPSA) is 91.3 Å². The third-order valence-corrected chi connectivity index (χ3v) is 3.89. The Morgan fingerprint density at radius 2 is 1.73 bits per heavy atom. The first kappa shape index (κ1) is 17.6. The molecular weight excluding hydrogens is 334 g/mol. The number of non-ortho nitro benzene ring substituents is 1. The number of hydrogen-bond acceptors (Lipinski definition) is 6. The van der Waals surface area contributed by atoms with Gasteiger partial charge in [-0.1, -0.05) is 38.1 Å². The predicted molar refractivity (Wildman–Crippen MR) is 95.9 cm³/mol. The van der Waals surface area contributed by atoms with Crippen LogP contribution in [0.2, 0.25) is 0 Å². The molecule has 3 aromatic rings. The quantitative estimate of drug-likeness (QED) is 0.494. The van der Waals surface area contributed by atoms with Gasteiger partial charge in [-0.15, -0.1) is 0 Å². The molecule has 0 saturated carbocycles. The molecule has 0 bridgehead atoms. The largest absolute Gasteiger partial charge is 0.484 e. The average molecular weight is 353 g/mol. The monoisotopic (exact) mass is 353 g/mol. The van der Waals surface area contributed by atoms with Crippen LogP contribution in [-0.4, -0.2) is 15.1 Å². The predicted octanol–water partition coefficient (Wildman–Crippen LogP) is 4.52. The Hall–Kier alpha value is -3.22. The number of rotatable bonds is 5. The van der Waals surface area contributed by atoms with E-state index in [4.69, 9.17) is 9.26 Å². The maximum atomic E-state index is 10.7. The lowest BCUT2D eigenvalue weighted by Gasteiger charge is -2.19. The van der Waals surface area contributed by atoms with Crippen LogP contribution in [0.4, 0.5) is 5.69 Å². The molecule has 1 aromatic heterocycles. The van der Waals surface area contributed by atoms with E-state index in [-0.39, 0.29) is 17.7 Å². The van der Waals surface area contributed by atoms with Crippen LogP contribution in [0, 0.1) is 10.1 Å². The molecule has 0 amide bonds. The number of nitro groups is 1. The molecule has 0 aliphatic heterocycles. The molecule has 0 radical (unpaired) electrons. The maximum Gasteiger partial charge on any atom is 0.269 e. The number of benzene rings is 2. The summed E-state index contributed by atoms with van der Waals surface area (Å²) in [6, 6.07) is 13.9. The smallest absolute Gasteiger partial charge is 0.269 e. The van der Waals surface area contributed by atoms with Crippen molar-refractivity contribution in [1.29, 1.82) is 0 Å². The van der Waals surface area contributed by atoms with Crippen molar-refractivity contribution in [3.05, 3.63) is 70.1 Å². The molecule has 0 unspecified atom stereocenters. The molecule has 7 nitrogen and oxygen atoms in total. The number of ether oxygens (including phenoxy) is 1. The summed E-state index contributed by atoms with van der Waals surface area (Å²) in [5.74, 6) is 1.41. The normalized spacial score (nSPS) is 11.3. The molecule has 0 N–H and O–H groups in total. The van der Waals surface area contributed by atoms with Crippen LogP contribution in [0.15, 0.2) is 53.1 Å². The summed E-state index contributed by atoms with van der Waals surface area (Å²) in [5, 5.41) is 14.6. The molecule has 0 aliphatic rings. The highest BCUT2D eigenvalue weighted by atomic mass is 16.6. The summed E-state index contributed by atoms with van der Waals surface area (Å²) in [6.07, 6.45) is 0. The van der Waals surface area contributed by atoms with E-state index in [0.717, 1.165) is 0 Å². The van der Waals surface area contributed by atoms with Gasteiger partial charge in [0, 0.05) is 17.7 Å². The van der Waals surface area contributed by atoms with Crippen LogP contribution >= 0.6 is 0 Å². The standard InChI is InChI=1S/C19H19N3O4/c1-19(2,3)14-6-10-16(11-7-14)25-12-17-20-18(21-26-17)13-4-8-15(9-5-13)22(23)24/h4-11H,12H2,1-3H3.